The minimum atomic E-state index is 0.681. The Kier molecular flexibility index (Phi) is 10.0. The van der Waals surface area contributed by atoms with Gasteiger partial charge in [-0.25, -0.2) is 9.97 Å². The van der Waals surface area contributed by atoms with Gasteiger partial charge in [-0.2, -0.15) is 0 Å². The summed E-state index contributed by atoms with van der Waals surface area (Å²) in [6.45, 7) is 0. The first kappa shape index (κ1) is 36.4. The van der Waals surface area contributed by atoms with E-state index in [9.17, 15) is 0 Å². The highest BCUT2D eigenvalue weighted by Crippen LogP contribution is 2.38. The number of benzene rings is 9. The largest absolute Gasteiger partial charge is 0.228 e. The van der Waals surface area contributed by atoms with Crippen molar-refractivity contribution in [2.24, 2.45) is 0 Å². The van der Waals surface area contributed by atoms with E-state index < -0.39 is 0 Å². The second-order valence-corrected chi connectivity index (χ2v) is 15.0. The van der Waals surface area contributed by atoms with Crippen molar-refractivity contribution in [1.82, 2.24) is 9.97 Å². The van der Waals surface area contributed by atoms with E-state index in [4.69, 9.17) is 9.97 Å². The highest BCUT2D eigenvalue weighted by molar-refractivity contribution is 5.85. The summed E-state index contributed by atoms with van der Waals surface area (Å²) >= 11 is 0. The molecule has 282 valence electrons. The molecule has 0 atom stereocenters. The van der Waals surface area contributed by atoms with Gasteiger partial charge in [0, 0.05) is 16.7 Å². The van der Waals surface area contributed by atoms with Gasteiger partial charge in [0.15, 0.2) is 5.82 Å². The highest BCUT2D eigenvalue weighted by Gasteiger charge is 2.16. The topological polar surface area (TPSA) is 25.8 Å². The van der Waals surface area contributed by atoms with E-state index in [1.165, 1.54) is 22.3 Å². The molecule has 0 saturated heterocycles. The van der Waals surface area contributed by atoms with Crippen molar-refractivity contribution >= 4 is 0 Å². The predicted molar refractivity (Wildman–Crippen MR) is 251 cm³/mol. The third kappa shape index (κ3) is 7.83. The lowest BCUT2D eigenvalue weighted by molar-refractivity contribution is 1.18. The number of hydrogen-bond donors (Lipinski definition) is 0. The maximum atomic E-state index is 5.31. The molecule has 0 N–H and O–H groups in total. The molecule has 0 spiro atoms. The van der Waals surface area contributed by atoms with E-state index in [1.54, 1.807) is 0 Å². The van der Waals surface area contributed by atoms with Crippen molar-refractivity contribution in [2.75, 3.05) is 0 Å². The lowest BCUT2D eigenvalue weighted by Crippen LogP contribution is -1.97. The fraction of sp³-hybridized carbons (Fsp3) is 0. The van der Waals surface area contributed by atoms with Gasteiger partial charge in [-0.1, -0.05) is 200 Å². The Morgan fingerprint density at radius 2 is 0.383 bits per heavy atom. The van der Waals surface area contributed by atoms with Crippen molar-refractivity contribution in [1.29, 1.82) is 0 Å². The zero-order chi connectivity index (χ0) is 40.1. The summed E-state index contributed by atoms with van der Waals surface area (Å²) < 4.78 is 0. The van der Waals surface area contributed by atoms with Gasteiger partial charge in [0.2, 0.25) is 0 Å². The number of rotatable bonds is 9. The smallest absolute Gasteiger partial charge is 0.160 e. The summed E-state index contributed by atoms with van der Waals surface area (Å²) in [6, 6.07) is 86.1. The van der Waals surface area contributed by atoms with Crippen LogP contribution >= 0.6 is 0 Å². The molecule has 1 aromatic heterocycles. The van der Waals surface area contributed by atoms with Crippen molar-refractivity contribution in [2.45, 2.75) is 0 Å². The zero-order valence-corrected chi connectivity index (χ0v) is 33.0. The van der Waals surface area contributed by atoms with Crippen LogP contribution in [0, 0.1) is 0 Å². The molecular formula is C58H40N2. The van der Waals surface area contributed by atoms with Crippen LogP contribution in [0.25, 0.3) is 101 Å². The molecule has 0 bridgehead atoms. The van der Waals surface area contributed by atoms with Crippen molar-refractivity contribution in [3.63, 3.8) is 0 Å². The van der Waals surface area contributed by atoms with Crippen LogP contribution in [0.5, 0.6) is 0 Å². The van der Waals surface area contributed by atoms with Crippen LogP contribution in [0.15, 0.2) is 243 Å². The first-order chi connectivity index (χ1) is 29.7. The van der Waals surface area contributed by atoms with Gasteiger partial charge in [-0.05, 0) is 109 Å². The van der Waals surface area contributed by atoms with Crippen LogP contribution in [-0.2, 0) is 0 Å². The van der Waals surface area contributed by atoms with Crippen molar-refractivity contribution < 1.29 is 0 Å². The van der Waals surface area contributed by atoms with Gasteiger partial charge < -0.3 is 0 Å². The van der Waals surface area contributed by atoms with Gasteiger partial charge in [0.05, 0.1) is 11.4 Å². The molecule has 0 fully saturated rings. The summed E-state index contributed by atoms with van der Waals surface area (Å²) in [4.78, 5) is 10.6. The van der Waals surface area contributed by atoms with E-state index >= 15 is 0 Å². The molecular weight excluding hydrogens is 725 g/mol. The molecule has 0 saturated carbocycles. The Bertz CT molecular complexity index is 2830. The minimum Gasteiger partial charge on any atom is -0.228 e. The standard InChI is InChI=1S/C58H40N2/c1-6-16-41(17-7-1)45-26-30-47(31-27-45)52-34-50(43-20-10-3-11-21-43)36-54(38-52)56-40-57(60-58(59-56)49-24-14-5-15-25-49)55-37-51(44-22-12-4-13-23-44)35-53(39-55)48-32-28-46(29-33-48)42-18-8-2-9-19-42/h1-40H. The van der Waals surface area contributed by atoms with Gasteiger partial charge in [-0.3, -0.25) is 0 Å². The minimum absolute atomic E-state index is 0.681. The Morgan fingerprint density at radius 1 is 0.167 bits per heavy atom. The third-order valence-corrected chi connectivity index (χ3v) is 11.1. The van der Waals surface area contributed by atoms with Crippen LogP contribution in [0.3, 0.4) is 0 Å². The third-order valence-electron chi connectivity index (χ3n) is 11.1. The van der Waals surface area contributed by atoms with Gasteiger partial charge in [0.25, 0.3) is 0 Å². The van der Waals surface area contributed by atoms with E-state index in [1.807, 2.05) is 18.2 Å². The molecule has 2 heteroatoms. The van der Waals surface area contributed by atoms with Gasteiger partial charge in [0.1, 0.15) is 0 Å². The van der Waals surface area contributed by atoms with E-state index in [2.05, 4.69) is 224 Å². The molecule has 10 aromatic rings. The molecule has 60 heavy (non-hydrogen) atoms. The van der Waals surface area contributed by atoms with Crippen LogP contribution < -0.4 is 0 Å². The molecule has 0 aliphatic carbocycles. The Morgan fingerprint density at radius 3 is 0.683 bits per heavy atom. The second-order valence-electron chi connectivity index (χ2n) is 15.0. The molecule has 1 heterocycles. The molecule has 9 aromatic carbocycles. The predicted octanol–water partition coefficient (Wildman–Crippen LogP) is 15.5. The fourth-order valence-electron chi connectivity index (χ4n) is 7.91. The first-order valence-corrected chi connectivity index (χ1v) is 20.4. The summed E-state index contributed by atoms with van der Waals surface area (Å²) in [7, 11) is 0. The maximum absolute atomic E-state index is 5.31. The summed E-state index contributed by atoms with van der Waals surface area (Å²) in [5.41, 5.74) is 18.6. The van der Waals surface area contributed by atoms with E-state index in [0.717, 1.165) is 72.6 Å². The molecule has 0 unspecified atom stereocenters. The molecule has 2 nitrogen and oxygen atoms in total. The Balaban J connectivity index is 1.14. The summed E-state index contributed by atoms with van der Waals surface area (Å²) in [6.07, 6.45) is 0. The Hall–Kier alpha value is -7.94. The zero-order valence-electron chi connectivity index (χ0n) is 33.0. The van der Waals surface area contributed by atoms with Crippen LogP contribution in [0.1, 0.15) is 0 Å². The maximum Gasteiger partial charge on any atom is 0.160 e. The highest BCUT2D eigenvalue weighted by atomic mass is 14.9. The first-order valence-electron chi connectivity index (χ1n) is 20.4. The Labute approximate surface area is 351 Å². The molecule has 0 aliphatic heterocycles. The number of hydrogen-bond acceptors (Lipinski definition) is 2. The van der Waals surface area contributed by atoms with Gasteiger partial charge >= 0.3 is 0 Å². The average Bonchev–Trinajstić information content (AvgIpc) is 3.35. The molecule has 0 amide bonds. The lowest BCUT2D eigenvalue weighted by atomic mass is 9.92. The van der Waals surface area contributed by atoms with Crippen LogP contribution in [0.2, 0.25) is 0 Å². The molecule has 0 radical (unpaired) electrons. The SMILES string of the molecule is c1ccc(-c2ccc(-c3cc(-c4ccccc4)cc(-c4cc(-c5cc(-c6ccccc6)cc(-c6ccc(-c7ccccc7)cc6)c5)nc(-c5ccccc5)n4)c3)cc2)cc1. The molecule has 10 rings (SSSR count). The number of aromatic nitrogens is 2. The summed E-state index contributed by atoms with van der Waals surface area (Å²) in [5.74, 6) is 0.681. The van der Waals surface area contributed by atoms with Crippen molar-refractivity contribution in [3.8, 4) is 101 Å². The molecule has 0 aliphatic rings. The fourth-order valence-corrected chi connectivity index (χ4v) is 7.91. The van der Waals surface area contributed by atoms with Crippen LogP contribution in [0.4, 0.5) is 0 Å². The van der Waals surface area contributed by atoms with Gasteiger partial charge in [-0.15, -0.1) is 0 Å². The summed E-state index contributed by atoms with van der Waals surface area (Å²) in [5, 5.41) is 0. The van der Waals surface area contributed by atoms with E-state index in [0.29, 0.717) is 5.82 Å². The average molecular weight is 765 g/mol. The van der Waals surface area contributed by atoms with Crippen LogP contribution in [-0.4, -0.2) is 9.97 Å². The van der Waals surface area contributed by atoms with Crippen molar-refractivity contribution in [3.05, 3.63) is 243 Å². The second kappa shape index (κ2) is 16.5. The lowest BCUT2D eigenvalue weighted by Gasteiger charge is -2.15. The van der Waals surface area contributed by atoms with E-state index in [-0.39, 0.29) is 0 Å². The quantitative estimate of drug-likeness (QED) is 0.146. The number of nitrogens with zero attached hydrogens (tertiary/aromatic N) is 2. The monoisotopic (exact) mass is 764 g/mol. The normalized spacial score (nSPS) is 11.0.